The Bertz CT molecular complexity index is 511. The highest BCUT2D eigenvalue weighted by Crippen LogP contribution is 2.26. The van der Waals surface area contributed by atoms with Gasteiger partial charge in [-0.15, -0.1) is 0 Å². The molecule has 6 heteroatoms. The number of hydrogen-bond acceptors (Lipinski definition) is 5. The van der Waals surface area contributed by atoms with E-state index in [1.807, 2.05) is 20.9 Å². The minimum absolute atomic E-state index is 0.103. The Hall–Kier alpha value is -1.17. The Balaban J connectivity index is 2.93. The molecule has 0 aromatic carbocycles. The Morgan fingerprint density at radius 1 is 1.24 bits per heavy atom. The van der Waals surface area contributed by atoms with E-state index < -0.39 is 10.8 Å². The third-order valence-electron chi connectivity index (χ3n) is 3.46. The van der Waals surface area contributed by atoms with Crippen molar-refractivity contribution in [1.82, 2.24) is 9.97 Å². The molecule has 21 heavy (non-hydrogen) atoms. The molecule has 5 nitrogen and oxygen atoms in total. The second-order valence-electron chi connectivity index (χ2n) is 6.39. The van der Waals surface area contributed by atoms with Crippen LogP contribution in [0.5, 0.6) is 0 Å². The smallest absolute Gasteiger partial charge is 0.138 e. The lowest BCUT2D eigenvalue weighted by atomic mass is 9.95. The molecule has 0 aliphatic carbocycles. The van der Waals surface area contributed by atoms with E-state index >= 15 is 0 Å². The Morgan fingerprint density at radius 2 is 1.81 bits per heavy atom. The fourth-order valence-electron chi connectivity index (χ4n) is 1.83. The molecule has 1 aromatic heterocycles. The third-order valence-corrected chi connectivity index (χ3v) is 4.83. The molecule has 2 N–H and O–H groups in total. The maximum absolute atomic E-state index is 11.4. The average molecular weight is 312 g/mol. The minimum atomic E-state index is -0.783. The summed E-state index contributed by atoms with van der Waals surface area (Å²) < 4.78 is 11.4. The Labute approximate surface area is 130 Å². The van der Waals surface area contributed by atoms with Gasteiger partial charge < -0.3 is 10.6 Å². The van der Waals surface area contributed by atoms with E-state index in [2.05, 4.69) is 41.4 Å². The standard InChI is InChI=1S/C15H28N4OS/c1-10(21(7)20)8-9-17-13-11(2)12(16-6)18-14(19-13)15(3,4)5/h10H,8-9H2,1-7H3,(H2,16,17,18,19). The van der Waals surface area contributed by atoms with Gasteiger partial charge in [-0.05, 0) is 13.3 Å². The van der Waals surface area contributed by atoms with Gasteiger partial charge in [-0.25, -0.2) is 9.97 Å². The van der Waals surface area contributed by atoms with Crippen molar-refractivity contribution in [3.05, 3.63) is 11.4 Å². The van der Waals surface area contributed by atoms with Gasteiger partial charge in [0, 0.05) is 46.9 Å². The lowest BCUT2D eigenvalue weighted by Crippen LogP contribution is -2.21. The van der Waals surface area contributed by atoms with Crippen molar-refractivity contribution in [2.75, 3.05) is 30.5 Å². The van der Waals surface area contributed by atoms with Crippen molar-refractivity contribution in [3.8, 4) is 0 Å². The SMILES string of the molecule is CNc1nc(C(C)(C)C)nc(NCCC(C)S(C)=O)c1C. The van der Waals surface area contributed by atoms with Crippen molar-refractivity contribution in [1.29, 1.82) is 0 Å². The molecular weight excluding hydrogens is 284 g/mol. The molecule has 1 aromatic rings. The summed E-state index contributed by atoms with van der Waals surface area (Å²) in [7, 11) is 1.09. The zero-order chi connectivity index (χ0) is 16.2. The van der Waals surface area contributed by atoms with Crippen LogP contribution >= 0.6 is 0 Å². The van der Waals surface area contributed by atoms with Crippen LogP contribution in [0.15, 0.2) is 0 Å². The van der Waals surface area contributed by atoms with E-state index in [0.717, 1.165) is 36.0 Å². The summed E-state index contributed by atoms with van der Waals surface area (Å²) in [6.45, 7) is 11.1. The largest absolute Gasteiger partial charge is 0.373 e. The normalized spacial score (nSPS) is 14.6. The van der Waals surface area contributed by atoms with Crippen LogP contribution in [0, 0.1) is 6.92 Å². The van der Waals surface area contributed by atoms with Crippen LogP contribution in [-0.2, 0) is 16.2 Å². The van der Waals surface area contributed by atoms with Crippen molar-refractivity contribution >= 4 is 22.4 Å². The maximum atomic E-state index is 11.4. The van der Waals surface area contributed by atoms with Crippen molar-refractivity contribution < 1.29 is 4.21 Å². The zero-order valence-corrected chi connectivity index (χ0v) is 15.0. The van der Waals surface area contributed by atoms with E-state index in [9.17, 15) is 4.21 Å². The van der Waals surface area contributed by atoms with Crippen LogP contribution in [0.3, 0.4) is 0 Å². The number of rotatable bonds is 6. The summed E-state index contributed by atoms with van der Waals surface area (Å²) >= 11 is 0. The van der Waals surface area contributed by atoms with Crippen molar-refractivity contribution in [3.63, 3.8) is 0 Å². The second kappa shape index (κ2) is 7.20. The first-order valence-corrected chi connectivity index (χ1v) is 8.92. The number of nitrogens with one attached hydrogen (secondary N) is 2. The molecule has 0 saturated carbocycles. The highest BCUT2D eigenvalue weighted by Gasteiger charge is 2.20. The van der Waals surface area contributed by atoms with Gasteiger partial charge >= 0.3 is 0 Å². The number of aromatic nitrogens is 2. The average Bonchev–Trinajstić information content (AvgIpc) is 2.38. The monoisotopic (exact) mass is 312 g/mol. The molecule has 2 unspecified atom stereocenters. The molecule has 0 spiro atoms. The van der Waals surface area contributed by atoms with E-state index in [-0.39, 0.29) is 10.7 Å². The summed E-state index contributed by atoms with van der Waals surface area (Å²) in [6.07, 6.45) is 2.60. The molecule has 0 aliphatic rings. The van der Waals surface area contributed by atoms with E-state index in [0.29, 0.717) is 0 Å². The van der Waals surface area contributed by atoms with Gasteiger partial charge in [0.25, 0.3) is 0 Å². The third kappa shape index (κ3) is 4.95. The Kier molecular flexibility index (Phi) is 6.13. The van der Waals surface area contributed by atoms with Crippen LogP contribution < -0.4 is 10.6 Å². The highest BCUT2D eigenvalue weighted by atomic mass is 32.2. The molecule has 0 bridgehead atoms. The van der Waals surface area contributed by atoms with Crippen LogP contribution in [0.4, 0.5) is 11.6 Å². The van der Waals surface area contributed by atoms with Gasteiger partial charge in [0.15, 0.2) is 0 Å². The molecule has 0 aliphatic heterocycles. The first-order valence-electron chi connectivity index (χ1n) is 7.29. The fourth-order valence-corrected chi connectivity index (χ4v) is 2.28. The maximum Gasteiger partial charge on any atom is 0.138 e. The second-order valence-corrected chi connectivity index (χ2v) is 8.20. The summed E-state index contributed by atoms with van der Waals surface area (Å²) in [4.78, 5) is 9.24. The molecule has 2 atom stereocenters. The summed E-state index contributed by atoms with van der Waals surface area (Å²) in [5.41, 5.74) is 0.907. The number of anilines is 2. The van der Waals surface area contributed by atoms with Gasteiger partial charge in [-0.2, -0.15) is 0 Å². The molecule has 1 rings (SSSR count). The predicted molar refractivity (Wildman–Crippen MR) is 91.7 cm³/mol. The van der Waals surface area contributed by atoms with Crippen molar-refractivity contribution in [2.45, 2.75) is 51.7 Å². The molecule has 0 fully saturated rings. The van der Waals surface area contributed by atoms with Gasteiger partial charge in [-0.3, -0.25) is 4.21 Å². The van der Waals surface area contributed by atoms with Crippen molar-refractivity contribution in [2.24, 2.45) is 0 Å². The van der Waals surface area contributed by atoms with Gasteiger partial charge in [0.1, 0.15) is 17.5 Å². The lowest BCUT2D eigenvalue weighted by molar-refractivity contribution is 0.546. The van der Waals surface area contributed by atoms with Crippen LogP contribution in [0.1, 0.15) is 45.5 Å². The van der Waals surface area contributed by atoms with Gasteiger partial charge in [-0.1, -0.05) is 27.7 Å². The topological polar surface area (TPSA) is 66.9 Å². The predicted octanol–water partition coefficient (Wildman–Crippen LogP) is 2.69. The number of nitrogens with zero attached hydrogens (tertiary/aromatic N) is 2. The molecule has 0 amide bonds. The highest BCUT2D eigenvalue weighted by molar-refractivity contribution is 7.84. The van der Waals surface area contributed by atoms with Gasteiger partial charge in [0.2, 0.25) is 0 Å². The number of hydrogen-bond donors (Lipinski definition) is 2. The van der Waals surface area contributed by atoms with Gasteiger partial charge in [0.05, 0.1) is 0 Å². The molecule has 1 heterocycles. The summed E-state index contributed by atoms with van der Waals surface area (Å²) in [5, 5.41) is 6.67. The van der Waals surface area contributed by atoms with E-state index in [1.54, 1.807) is 6.26 Å². The summed E-state index contributed by atoms with van der Waals surface area (Å²) in [6, 6.07) is 0. The fraction of sp³-hybridized carbons (Fsp3) is 0.733. The zero-order valence-electron chi connectivity index (χ0n) is 14.2. The quantitative estimate of drug-likeness (QED) is 0.845. The van der Waals surface area contributed by atoms with E-state index in [1.165, 1.54) is 0 Å². The first-order chi connectivity index (χ1) is 9.66. The molecule has 0 saturated heterocycles. The van der Waals surface area contributed by atoms with Crippen LogP contribution in [-0.4, -0.2) is 39.3 Å². The molecule has 0 radical (unpaired) electrons. The first kappa shape index (κ1) is 17.9. The van der Waals surface area contributed by atoms with E-state index in [4.69, 9.17) is 0 Å². The van der Waals surface area contributed by atoms with Crippen LogP contribution in [0.25, 0.3) is 0 Å². The Morgan fingerprint density at radius 3 is 2.29 bits per heavy atom. The van der Waals surface area contributed by atoms with Crippen LogP contribution in [0.2, 0.25) is 0 Å². The summed E-state index contributed by atoms with van der Waals surface area (Å²) in [5.74, 6) is 2.52. The lowest BCUT2D eigenvalue weighted by Gasteiger charge is -2.21. The molecular formula is C15H28N4OS. The minimum Gasteiger partial charge on any atom is -0.373 e. The molecule has 120 valence electrons.